The lowest BCUT2D eigenvalue weighted by Crippen LogP contribution is -2.45. The molecule has 6 nitrogen and oxygen atoms in total. The van der Waals surface area contributed by atoms with Crippen LogP contribution < -0.4 is 10.6 Å². The summed E-state index contributed by atoms with van der Waals surface area (Å²) in [6.45, 7) is 9.13. The number of hydrogen-bond donors (Lipinski definition) is 2. The molecule has 1 atom stereocenters. The highest BCUT2D eigenvalue weighted by atomic mass is 32.1. The lowest BCUT2D eigenvalue weighted by atomic mass is 10.2. The zero-order chi connectivity index (χ0) is 20.6. The molecule has 1 fully saturated rings. The molecule has 156 valence electrons. The van der Waals surface area contributed by atoms with Crippen molar-refractivity contribution in [1.29, 1.82) is 0 Å². The summed E-state index contributed by atoms with van der Waals surface area (Å²) >= 11 is 1.68. The Labute approximate surface area is 177 Å². The third-order valence-electron chi connectivity index (χ3n) is 5.02. The van der Waals surface area contributed by atoms with Gasteiger partial charge in [0.15, 0.2) is 5.96 Å². The molecule has 1 aliphatic heterocycles. The Balaban J connectivity index is 1.53. The van der Waals surface area contributed by atoms with Crippen LogP contribution in [0.5, 0.6) is 0 Å². The van der Waals surface area contributed by atoms with Crippen molar-refractivity contribution in [2.24, 2.45) is 4.99 Å². The van der Waals surface area contributed by atoms with E-state index >= 15 is 0 Å². The smallest absolute Gasteiger partial charge is 0.222 e. The van der Waals surface area contributed by atoms with E-state index < -0.39 is 0 Å². The van der Waals surface area contributed by atoms with Gasteiger partial charge in [-0.05, 0) is 20.3 Å². The first kappa shape index (κ1) is 21.3. The lowest BCUT2D eigenvalue weighted by Gasteiger charge is -2.18. The molecular formula is C22H31N5OS. The van der Waals surface area contributed by atoms with Crippen molar-refractivity contribution in [2.45, 2.75) is 46.1 Å². The van der Waals surface area contributed by atoms with E-state index in [1.807, 2.05) is 11.8 Å². The highest BCUT2D eigenvalue weighted by Gasteiger charge is 2.25. The van der Waals surface area contributed by atoms with Crippen LogP contribution >= 0.6 is 11.3 Å². The van der Waals surface area contributed by atoms with Crippen LogP contribution in [0.3, 0.4) is 0 Å². The van der Waals surface area contributed by atoms with Crippen LogP contribution in [-0.2, 0) is 11.2 Å². The van der Waals surface area contributed by atoms with Gasteiger partial charge >= 0.3 is 0 Å². The van der Waals surface area contributed by atoms with Gasteiger partial charge in [-0.25, -0.2) is 4.98 Å². The van der Waals surface area contributed by atoms with E-state index in [-0.39, 0.29) is 11.9 Å². The van der Waals surface area contributed by atoms with E-state index in [4.69, 9.17) is 9.98 Å². The number of carbonyl (C=O) groups excluding carboxylic acids is 1. The third-order valence-corrected chi connectivity index (χ3v) is 5.96. The van der Waals surface area contributed by atoms with Gasteiger partial charge in [0.2, 0.25) is 5.91 Å². The first-order valence-corrected chi connectivity index (χ1v) is 11.3. The number of guanidine groups is 1. The molecular weight excluding hydrogens is 382 g/mol. The maximum atomic E-state index is 11.9. The Morgan fingerprint density at radius 1 is 1.31 bits per heavy atom. The van der Waals surface area contributed by atoms with E-state index in [0.29, 0.717) is 13.0 Å². The van der Waals surface area contributed by atoms with Crippen LogP contribution in [0.15, 0.2) is 34.6 Å². The average molecular weight is 414 g/mol. The zero-order valence-corrected chi connectivity index (χ0v) is 18.4. The van der Waals surface area contributed by atoms with Crippen molar-refractivity contribution in [1.82, 2.24) is 20.5 Å². The van der Waals surface area contributed by atoms with Crippen LogP contribution in [0.25, 0.3) is 10.6 Å². The molecule has 1 unspecified atom stereocenters. The summed E-state index contributed by atoms with van der Waals surface area (Å²) in [5, 5.41) is 9.96. The quantitative estimate of drug-likeness (QED) is 0.540. The number of benzene rings is 1. The topological polar surface area (TPSA) is 69.6 Å². The number of aryl methyl sites for hydroxylation is 1. The summed E-state index contributed by atoms with van der Waals surface area (Å²) in [5.74, 6) is 1.04. The van der Waals surface area contributed by atoms with Crippen LogP contribution in [0, 0.1) is 6.92 Å². The van der Waals surface area contributed by atoms with E-state index in [1.54, 1.807) is 11.3 Å². The number of aromatic nitrogens is 1. The minimum Gasteiger partial charge on any atom is -0.357 e. The monoisotopic (exact) mass is 413 g/mol. The molecule has 2 heterocycles. The molecule has 0 saturated carbocycles. The minimum absolute atomic E-state index is 0.226. The number of carbonyl (C=O) groups is 1. The second-order valence-corrected chi connectivity index (χ2v) is 8.20. The Kier molecular flexibility index (Phi) is 7.63. The van der Waals surface area contributed by atoms with Crippen molar-refractivity contribution in [3.05, 3.63) is 40.9 Å². The fourth-order valence-electron chi connectivity index (χ4n) is 3.37. The van der Waals surface area contributed by atoms with Crippen LogP contribution in [0.4, 0.5) is 0 Å². The Bertz CT molecular complexity index is 830. The van der Waals surface area contributed by atoms with Crippen molar-refractivity contribution >= 4 is 23.2 Å². The molecule has 0 radical (unpaired) electrons. The van der Waals surface area contributed by atoms with Gasteiger partial charge < -0.3 is 15.5 Å². The van der Waals surface area contributed by atoms with Crippen LogP contribution in [0.1, 0.15) is 37.9 Å². The summed E-state index contributed by atoms with van der Waals surface area (Å²) in [6.07, 6.45) is 2.34. The molecule has 29 heavy (non-hydrogen) atoms. The zero-order valence-electron chi connectivity index (χ0n) is 17.6. The molecule has 0 bridgehead atoms. The molecule has 7 heteroatoms. The maximum Gasteiger partial charge on any atom is 0.222 e. The molecule has 2 aromatic rings. The number of amides is 1. The number of hydrogen-bond acceptors (Lipinski definition) is 4. The fraction of sp³-hybridized carbons (Fsp3) is 0.500. The highest BCUT2D eigenvalue weighted by molar-refractivity contribution is 7.13. The van der Waals surface area contributed by atoms with Crippen molar-refractivity contribution in [3.63, 3.8) is 0 Å². The number of thiazole rings is 1. The molecule has 1 aromatic heterocycles. The first-order chi connectivity index (χ1) is 14.1. The van der Waals surface area contributed by atoms with Gasteiger partial charge in [0.1, 0.15) is 5.01 Å². The predicted molar refractivity (Wildman–Crippen MR) is 120 cm³/mol. The normalized spacial score (nSPS) is 16.9. The number of aliphatic imine (C=N–C) groups is 1. The highest BCUT2D eigenvalue weighted by Crippen LogP contribution is 2.24. The van der Waals surface area contributed by atoms with Gasteiger partial charge in [0.05, 0.1) is 5.69 Å². The maximum absolute atomic E-state index is 11.9. The molecule has 0 aliphatic carbocycles. The molecule has 2 N–H and O–H groups in total. The van der Waals surface area contributed by atoms with Gasteiger partial charge in [-0.1, -0.05) is 36.8 Å². The standard InChI is InChI=1S/C22H31N5OS/c1-4-20(28)27-13-11-18(14-27)26-22(23-5-2)24-12-10-19-15-29-21(25-19)17-8-6-16(3)7-9-17/h6-9,15,18H,4-5,10-14H2,1-3H3,(H2,23,24,26). The summed E-state index contributed by atoms with van der Waals surface area (Å²) in [6, 6.07) is 8.74. The number of rotatable bonds is 7. The second kappa shape index (κ2) is 10.4. The molecule has 1 aromatic carbocycles. The van der Waals surface area contributed by atoms with Crippen molar-refractivity contribution in [3.8, 4) is 10.6 Å². The molecule has 1 saturated heterocycles. The summed E-state index contributed by atoms with van der Waals surface area (Å²) in [7, 11) is 0. The lowest BCUT2D eigenvalue weighted by molar-refractivity contribution is -0.129. The fourth-order valence-corrected chi connectivity index (χ4v) is 4.23. The number of likely N-dealkylation sites (tertiary alicyclic amines) is 1. The van der Waals surface area contributed by atoms with Crippen molar-refractivity contribution in [2.75, 3.05) is 26.2 Å². The number of nitrogens with zero attached hydrogens (tertiary/aromatic N) is 3. The molecule has 1 aliphatic rings. The van der Waals surface area contributed by atoms with Gasteiger partial charge in [0, 0.05) is 56.0 Å². The van der Waals surface area contributed by atoms with E-state index in [2.05, 4.69) is 54.1 Å². The summed E-state index contributed by atoms with van der Waals surface area (Å²) in [4.78, 5) is 23.3. The van der Waals surface area contributed by atoms with Gasteiger partial charge in [-0.2, -0.15) is 0 Å². The Morgan fingerprint density at radius 2 is 2.10 bits per heavy atom. The largest absolute Gasteiger partial charge is 0.357 e. The first-order valence-electron chi connectivity index (χ1n) is 10.4. The van der Waals surface area contributed by atoms with Gasteiger partial charge in [0.25, 0.3) is 0 Å². The van der Waals surface area contributed by atoms with Crippen LogP contribution in [0.2, 0.25) is 0 Å². The Morgan fingerprint density at radius 3 is 2.83 bits per heavy atom. The van der Waals surface area contributed by atoms with E-state index in [1.165, 1.54) is 5.56 Å². The second-order valence-electron chi connectivity index (χ2n) is 7.34. The van der Waals surface area contributed by atoms with E-state index in [0.717, 1.165) is 54.7 Å². The predicted octanol–water partition coefficient (Wildman–Crippen LogP) is 3.23. The minimum atomic E-state index is 0.226. The molecule has 3 rings (SSSR count). The molecule has 0 spiro atoms. The third kappa shape index (κ3) is 6.03. The Hall–Kier alpha value is -2.41. The SMILES string of the molecule is CCNC(=NCCc1csc(-c2ccc(C)cc2)n1)NC1CCN(C(=O)CC)C1. The molecule has 1 amide bonds. The van der Waals surface area contributed by atoms with Crippen molar-refractivity contribution < 1.29 is 4.79 Å². The van der Waals surface area contributed by atoms with Gasteiger partial charge in [-0.3, -0.25) is 9.79 Å². The summed E-state index contributed by atoms with van der Waals surface area (Å²) < 4.78 is 0. The van der Waals surface area contributed by atoms with Gasteiger partial charge in [-0.15, -0.1) is 11.3 Å². The average Bonchev–Trinajstić information content (AvgIpc) is 3.38. The number of nitrogens with one attached hydrogen (secondary N) is 2. The van der Waals surface area contributed by atoms with E-state index in [9.17, 15) is 4.79 Å². The summed E-state index contributed by atoms with van der Waals surface area (Å²) in [5.41, 5.74) is 3.50. The van der Waals surface area contributed by atoms with Crippen LogP contribution in [-0.4, -0.2) is 54.0 Å².